The Labute approximate surface area is 96.9 Å². The Morgan fingerprint density at radius 1 is 1.44 bits per heavy atom. The van der Waals surface area contributed by atoms with E-state index >= 15 is 0 Å². The standard InChI is InChI=1S/C12H22O4/c1-11(2,9(13)10(14)15-4)12(3)5-7-16-8-6-12/h9,13H,5-8H2,1-4H3. The van der Waals surface area contributed by atoms with Crippen LogP contribution in [0.1, 0.15) is 33.6 Å². The molecule has 0 spiro atoms. The number of carbonyl (C=O) groups is 1. The number of rotatable bonds is 3. The Hall–Kier alpha value is -0.610. The van der Waals surface area contributed by atoms with Gasteiger partial charge in [-0.25, -0.2) is 4.79 Å². The van der Waals surface area contributed by atoms with E-state index in [9.17, 15) is 9.90 Å². The van der Waals surface area contributed by atoms with E-state index in [0.717, 1.165) is 12.8 Å². The Morgan fingerprint density at radius 3 is 2.38 bits per heavy atom. The first-order valence-electron chi connectivity index (χ1n) is 5.69. The Kier molecular flexibility index (Phi) is 3.97. The molecule has 1 atom stereocenters. The molecule has 0 amide bonds. The van der Waals surface area contributed by atoms with Crippen molar-refractivity contribution >= 4 is 5.97 Å². The molecule has 1 heterocycles. The first-order chi connectivity index (χ1) is 7.35. The van der Waals surface area contributed by atoms with E-state index in [1.165, 1.54) is 7.11 Å². The molecular formula is C12H22O4. The molecule has 1 aliphatic heterocycles. The summed E-state index contributed by atoms with van der Waals surface area (Å²) in [6.45, 7) is 7.31. The van der Waals surface area contributed by atoms with Crippen molar-refractivity contribution in [3.05, 3.63) is 0 Å². The molecule has 0 aromatic carbocycles. The lowest BCUT2D eigenvalue weighted by atomic mass is 9.60. The largest absolute Gasteiger partial charge is 0.467 e. The fraction of sp³-hybridized carbons (Fsp3) is 0.917. The molecule has 0 radical (unpaired) electrons. The van der Waals surface area contributed by atoms with Crippen LogP contribution in [-0.2, 0) is 14.3 Å². The summed E-state index contributed by atoms with van der Waals surface area (Å²) in [5.41, 5.74) is -0.608. The molecule has 1 fully saturated rings. The van der Waals surface area contributed by atoms with E-state index in [1.54, 1.807) is 0 Å². The van der Waals surface area contributed by atoms with Crippen molar-refractivity contribution in [1.82, 2.24) is 0 Å². The zero-order valence-electron chi connectivity index (χ0n) is 10.6. The van der Waals surface area contributed by atoms with Crippen LogP contribution in [0.25, 0.3) is 0 Å². The Morgan fingerprint density at radius 2 is 1.94 bits per heavy atom. The maximum absolute atomic E-state index is 11.4. The van der Waals surface area contributed by atoms with E-state index < -0.39 is 17.5 Å². The van der Waals surface area contributed by atoms with Gasteiger partial charge in [-0.2, -0.15) is 0 Å². The number of aliphatic hydroxyl groups excluding tert-OH is 1. The van der Waals surface area contributed by atoms with Crippen LogP contribution in [0.3, 0.4) is 0 Å². The molecule has 0 aromatic heterocycles. The lowest BCUT2D eigenvalue weighted by Gasteiger charge is -2.48. The summed E-state index contributed by atoms with van der Waals surface area (Å²) < 4.78 is 9.94. The topological polar surface area (TPSA) is 55.8 Å². The third-order valence-electron chi connectivity index (χ3n) is 4.26. The number of hydrogen-bond donors (Lipinski definition) is 1. The molecule has 1 N–H and O–H groups in total. The average Bonchev–Trinajstić information content (AvgIpc) is 2.27. The second-order valence-electron chi connectivity index (χ2n) is 5.32. The summed E-state index contributed by atoms with van der Waals surface area (Å²) in [4.78, 5) is 11.4. The number of esters is 1. The first kappa shape index (κ1) is 13.5. The summed E-state index contributed by atoms with van der Waals surface area (Å²) in [5.74, 6) is -0.558. The highest BCUT2D eigenvalue weighted by Gasteiger charge is 2.49. The van der Waals surface area contributed by atoms with Crippen LogP contribution >= 0.6 is 0 Å². The minimum atomic E-state index is -1.08. The van der Waals surface area contributed by atoms with Crippen molar-refractivity contribution in [2.45, 2.75) is 39.7 Å². The minimum Gasteiger partial charge on any atom is -0.467 e. The number of hydrogen-bond acceptors (Lipinski definition) is 4. The summed E-state index contributed by atoms with van der Waals surface area (Å²) in [6.07, 6.45) is 0.628. The van der Waals surface area contributed by atoms with Gasteiger partial charge < -0.3 is 14.6 Å². The van der Waals surface area contributed by atoms with Gasteiger partial charge in [-0.15, -0.1) is 0 Å². The van der Waals surface area contributed by atoms with Crippen molar-refractivity contribution in [3.8, 4) is 0 Å². The summed E-state index contributed by atoms with van der Waals surface area (Å²) in [6, 6.07) is 0. The quantitative estimate of drug-likeness (QED) is 0.744. The highest BCUT2D eigenvalue weighted by atomic mass is 16.5. The van der Waals surface area contributed by atoms with Crippen molar-refractivity contribution in [2.24, 2.45) is 10.8 Å². The van der Waals surface area contributed by atoms with Gasteiger partial charge in [0.25, 0.3) is 0 Å². The Balaban J connectivity index is 2.85. The van der Waals surface area contributed by atoms with Crippen LogP contribution < -0.4 is 0 Å². The summed E-state index contributed by atoms with van der Waals surface area (Å²) in [5, 5.41) is 10.0. The lowest BCUT2D eigenvalue weighted by Crippen LogP contribution is -2.50. The van der Waals surface area contributed by atoms with Gasteiger partial charge in [0.2, 0.25) is 0 Å². The van der Waals surface area contributed by atoms with Gasteiger partial charge >= 0.3 is 5.97 Å². The van der Waals surface area contributed by atoms with Crippen LogP contribution in [0.2, 0.25) is 0 Å². The van der Waals surface area contributed by atoms with Crippen LogP contribution in [0.15, 0.2) is 0 Å². The monoisotopic (exact) mass is 230 g/mol. The lowest BCUT2D eigenvalue weighted by molar-refractivity contribution is -0.168. The highest BCUT2D eigenvalue weighted by Crippen LogP contribution is 2.48. The van der Waals surface area contributed by atoms with E-state index in [-0.39, 0.29) is 5.41 Å². The molecule has 1 aliphatic rings. The van der Waals surface area contributed by atoms with E-state index in [0.29, 0.717) is 13.2 Å². The zero-order chi connectivity index (χ0) is 12.4. The van der Waals surface area contributed by atoms with Crippen molar-refractivity contribution in [2.75, 3.05) is 20.3 Å². The highest BCUT2D eigenvalue weighted by molar-refractivity contribution is 5.75. The molecule has 0 saturated carbocycles. The summed E-state index contributed by atoms with van der Waals surface area (Å²) >= 11 is 0. The predicted molar refractivity (Wildman–Crippen MR) is 60.0 cm³/mol. The van der Waals surface area contributed by atoms with Crippen LogP contribution in [0.5, 0.6) is 0 Å². The second kappa shape index (κ2) is 4.72. The third-order valence-corrected chi connectivity index (χ3v) is 4.26. The molecule has 0 bridgehead atoms. The van der Waals surface area contributed by atoms with Gasteiger partial charge in [-0.1, -0.05) is 20.8 Å². The van der Waals surface area contributed by atoms with E-state index in [2.05, 4.69) is 11.7 Å². The third kappa shape index (κ3) is 2.23. The molecule has 1 saturated heterocycles. The van der Waals surface area contributed by atoms with Gasteiger partial charge in [0.15, 0.2) is 6.10 Å². The molecule has 1 unspecified atom stereocenters. The fourth-order valence-corrected chi connectivity index (χ4v) is 2.20. The smallest absolute Gasteiger partial charge is 0.335 e. The van der Waals surface area contributed by atoms with Crippen LogP contribution in [0, 0.1) is 10.8 Å². The van der Waals surface area contributed by atoms with Gasteiger partial charge in [-0.3, -0.25) is 0 Å². The number of aliphatic hydroxyl groups is 1. The minimum absolute atomic E-state index is 0.0984. The van der Waals surface area contributed by atoms with Gasteiger partial charge in [0.1, 0.15) is 0 Å². The fourth-order valence-electron chi connectivity index (χ4n) is 2.20. The van der Waals surface area contributed by atoms with E-state index in [4.69, 9.17) is 4.74 Å². The molecule has 16 heavy (non-hydrogen) atoms. The zero-order valence-corrected chi connectivity index (χ0v) is 10.6. The second-order valence-corrected chi connectivity index (χ2v) is 5.32. The molecule has 1 rings (SSSR count). The molecule has 0 aromatic rings. The van der Waals surface area contributed by atoms with E-state index in [1.807, 2.05) is 13.8 Å². The van der Waals surface area contributed by atoms with Gasteiger partial charge in [0, 0.05) is 18.6 Å². The molecule has 4 nitrogen and oxygen atoms in total. The average molecular weight is 230 g/mol. The molecule has 94 valence electrons. The van der Waals surface area contributed by atoms with Crippen molar-refractivity contribution in [3.63, 3.8) is 0 Å². The maximum Gasteiger partial charge on any atom is 0.335 e. The van der Waals surface area contributed by atoms with Crippen molar-refractivity contribution in [1.29, 1.82) is 0 Å². The number of methoxy groups -OCH3 is 1. The van der Waals surface area contributed by atoms with Crippen molar-refractivity contribution < 1.29 is 19.4 Å². The SMILES string of the molecule is COC(=O)C(O)C(C)(C)C1(C)CCOCC1. The molecular weight excluding hydrogens is 208 g/mol. The van der Waals surface area contributed by atoms with Crippen LogP contribution in [-0.4, -0.2) is 37.5 Å². The summed E-state index contributed by atoms with van der Waals surface area (Å²) in [7, 11) is 1.30. The number of carbonyl (C=O) groups excluding carboxylic acids is 1. The number of ether oxygens (including phenoxy) is 2. The van der Waals surface area contributed by atoms with Gasteiger partial charge in [0.05, 0.1) is 7.11 Å². The first-order valence-corrected chi connectivity index (χ1v) is 5.69. The Bertz CT molecular complexity index is 254. The maximum atomic E-state index is 11.4. The van der Waals surface area contributed by atoms with Crippen LogP contribution in [0.4, 0.5) is 0 Å². The molecule has 4 heteroatoms. The predicted octanol–water partition coefficient (Wildman–Crippen LogP) is 1.36. The molecule has 0 aliphatic carbocycles. The normalized spacial score (nSPS) is 22.6. The van der Waals surface area contributed by atoms with Gasteiger partial charge in [-0.05, 0) is 18.3 Å².